The molecule has 3 aromatic rings. The zero-order valence-corrected chi connectivity index (χ0v) is 15.8. The second kappa shape index (κ2) is 8.01. The van der Waals surface area contributed by atoms with Gasteiger partial charge in [0.2, 0.25) is 11.0 Å². The molecule has 6 heteroatoms. The van der Waals surface area contributed by atoms with Crippen LogP contribution in [0.25, 0.3) is 0 Å². The molecule has 4 rings (SSSR count). The molecule has 0 radical (unpaired) electrons. The maximum Gasteiger partial charge on any atom is 0.229 e. The molecule has 26 heavy (non-hydrogen) atoms. The van der Waals surface area contributed by atoms with Crippen molar-refractivity contribution in [3.05, 3.63) is 71.8 Å². The van der Waals surface area contributed by atoms with Crippen LogP contribution in [0.2, 0.25) is 0 Å². The van der Waals surface area contributed by atoms with Gasteiger partial charge in [0.05, 0.1) is 0 Å². The number of nitrogens with one attached hydrogen (secondary N) is 1. The van der Waals surface area contributed by atoms with Crippen LogP contribution in [0, 0.1) is 5.92 Å². The Hall–Kier alpha value is -2.18. The number of benzene rings is 2. The van der Waals surface area contributed by atoms with Gasteiger partial charge in [0.1, 0.15) is 0 Å². The standard InChI is InChI=1S/C20H19N3OS2/c24-18(17-13-16(17)15-9-5-2-6-10-15)21-19-22-23-20(26-19)25-12-11-14-7-3-1-4-8-14/h1-10,16-17H,11-13H2,(H,21,22,24)/t16-,17-/m0/s1. The minimum absolute atomic E-state index is 0.0514. The topological polar surface area (TPSA) is 54.9 Å². The summed E-state index contributed by atoms with van der Waals surface area (Å²) in [5, 5.41) is 11.8. The van der Waals surface area contributed by atoms with E-state index in [0.717, 1.165) is 22.9 Å². The second-order valence-corrected chi connectivity index (χ2v) is 8.63. The number of aryl methyl sites for hydroxylation is 1. The normalized spacial score (nSPS) is 18.5. The molecule has 0 saturated heterocycles. The fourth-order valence-electron chi connectivity index (χ4n) is 2.97. The molecule has 2 aromatic carbocycles. The SMILES string of the molecule is O=C(Nc1nnc(SCCc2ccccc2)s1)[C@H]1C[C@H]1c1ccccc1. The first-order valence-corrected chi connectivity index (χ1v) is 10.5. The van der Waals surface area contributed by atoms with Crippen molar-refractivity contribution in [2.24, 2.45) is 5.92 Å². The summed E-state index contributed by atoms with van der Waals surface area (Å²) in [5.41, 5.74) is 2.56. The third kappa shape index (κ3) is 4.31. The van der Waals surface area contributed by atoms with Crippen molar-refractivity contribution in [3.63, 3.8) is 0 Å². The van der Waals surface area contributed by atoms with Gasteiger partial charge in [-0.2, -0.15) is 0 Å². The van der Waals surface area contributed by atoms with Gasteiger partial charge in [0.25, 0.3) is 0 Å². The number of carbonyl (C=O) groups excluding carboxylic acids is 1. The van der Waals surface area contributed by atoms with Gasteiger partial charge in [0.15, 0.2) is 4.34 Å². The lowest BCUT2D eigenvalue weighted by atomic mass is 10.1. The Morgan fingerprint density at radius 1 is 1.08 bits per heavy atom. The molecular weight excluding hydrogens is 362 g/mol. The van der Waals surface area contributed by atoms with Crippen LogP contribution in [0.5, 0.6) is 0 Å². The van der Waals surface area contributed by atoms with Crippen molar-refractivity contribution < 1.29 is 4.79 Å². The van der Waals surface area contributed by atoms with Crippen LogP contribution in [0.1, 0.15) is 23.5 Å². The average Bonchev–Trinajstić information content (AvgIpc) is 3.38. The first-order valence-electron chi connectivity index (χ1n) is 8.65. The van der Waals surface area contributed by atoms with Crippen LogP contribution in [-0.4, -0.2) is 21.9 Å². The number of carbonyl (C=O) groups is 1. The molecule has 132 valence electrons. The number of anilines is 1. The maximum atomic E-state index is 12.4. The smallest absolute Gasteiger partial charge is 0.229 e. The third-order valence-corrected chi connectivity index (χ3v) is 6.42. The second-order valence-electron chi connectivity index (χ2n) is 6.31. The summed E-state index contributed by atoms with van der Waals surface area (Å²) in [6.07, 6.45) is 1.90. The fourth-order valence-corrected chi connectivity index (χ4v) is 4.78. The quantitative estimate of drug-likeness (QED) is 0.479. The molecule has 1 aromatic heterocycles. The molecule has 0 bridgehead atoms. The van der Waals surface area contributed by atoms with E-state index in [-0.39, 0.29) is 11.8 Å². The average molecular weight is 382 g/mol. The zero-order valence-electron chi connectivity index (χ0n) is 14.2. The Balaban J connectivity index is 1.25. The van der Waals surface area contributed by atoms with Crippen LogP contribution >= 0.6 is 23.1 Å². The number of amides is 1. The number of hydrogen-bond acceptors (Lipinski definition) is 5. The molecule has 1 aliphatic carbocycles. The minimum Gasteiger partial charge on any atom is -0.300 e. The summed E-state index contributed by atoms with van der Waals surface area (Å²) in [6.45, 7) is 0. The van der Waals surface area contributed by atoms with E-state index in [1.54, 1.807) is 11.8 Å². The van der Waals surface area contributed by atoms with E-state index in [0.29, 0.717) is 11.0 Å². The number of nitrogens with zero attached hydrogens (tertiary/aromatic N) is 2. The highest BCUT2D eigenvalue weighted by Gasteiger charge is 2.44. The molecule has 1 N–H and O–H groups in total. The van der Waals surface area contributed by atoms with Crippen molar-refractivity contribution in [1.29, 1.82) is 0 Å². The summed E-state index contributed by atoms with van der Waals surface area (Å²) in [7, 11) is 0. The van der Waals surface area contributed by atoms with Crippen LogP contribution in [0.4, 0.5) is 5.13 Å². The van der Waals surface area contributed by atoms with E-state index < -0.39 is 0 Å². The van der Waals surface area contributed by atoms with Crippen LogP contribution in [-0.2, 0) is 11.2 Å². The van der Waals surface area contributed by atoms with E-state index in [4.69, 9.17) is 0 Å². The van der Waals surface area contributed by atoms with E-state index in [1.165, 1.54) is 22.5 Å². The van der Waals surface area contributed by atoms with Crippen molar-refractivity contribution in [1.82, 2.24) is 10.2 Å². The van der Waals surface area contributed by atoms with Crippen LogP contribution in [0.15, 0.2) is 65.0 Å². The van der Waals surface area contributed by atoms with Crippen LogP contribution < -0.4 is 5.32 Å². The molecule has 0 aliphatic heterocycles. The Kier molecular flexibility index (Phi) is 5.32. The van der Waals surface area contributed by atoms with Crippen LogP contribution in [0.3, 0.4) is 0 Å². The van der Waals surface area contributed by atoms with Crippen molar-refractivity contribution >= 4 is 34.1 Å². The highest BCUT2D eigenvalue weighted by atomic mass is 32.2. The molecule has 1 fully saturated rings. The zero-order chi connectivity index (χ0) is 17.8. The summed E-state index contributed by atoms with van der Waals surface area (Å²) in [5.74, 6) is 1.39. The molecule has 1 amide bonds. The van der Waals surface area contributed by atoms with E-state index >= 15 is 0 Å². The largest absolute Gasteiger partial charge is 0.300 e. The predicted molar refractivity (Wildman–Crippen MR) is 107 cm³/mol. The Morgan fingerprint density at radius 2 is 1.81 bits per heavy atom. The summed E-state index contributed by atoms with van der Waals surface area (Å²) < 4.78 is 0.895. The molecule has 1 heterocycles. The number of thioether (sulfide) groups is 1. The molecule has 0 unspecified atom stereocenters. The fraction of sp³-hybridized carbons (Fsp3) is 0.250. The Labute approximate surface area is 161 Å². The van der Waals surface area contributed by atoms with Gasteiger partial charge in [-0.15, -0.1) is 10.2 Å². The van der Waals surface area contributed by atoms with E-state index in [2.05, 4.69) is 51.9 Å². The van der Waals surface area contributed by atoms with Crippen molar-refractivity contribution in [2.45, 2.75) is 23.1 Å². The van der Waals surface area contributed by atoms with Gasteiger partial charge < -0.3 is 5.32 Å². The Bertz CT molecular complexity index is 867. The Morgan fingerprint density at radius 3 is 2.58 bits per heavy atom. The lowest BCUT2D eigenvalue weighted by Crippen LogP contribution is -2.14. The van der Waals surface area contributed by atoms with Gasteiger partial charge in [-0.25, -0.2) is 0 Å². The van der Waals surface area contributed by atoms with E-state index in [1.807, 2.05) is 24.3 Å². The highest BCUT2D eigenvalue weighted by molar-refractivity contribution is 8.01. The van der Waals surface area contributed by atoms with Crippen molar-refractivity contribution in [3.8, 4) is 0 Å². The number of aromatic nitrogens is 2. The molecule has 1 saturated carbocycles. The molecular formula is C20H19N3OS2. The summed E-state index contributed by atoms with van der Waals surface area (Å²) in [6, 6.07) is 20.6. The first kappa shape index (κ1) is 17.2. The number of rotatable bonds is 7. The lowest BCUT2D eigenvalue weighted by molar-refractivity contribution is -0.117. The minimum atomic E-state index is 0.0514. The lowest BCUT2D eigenvalue weighted by Gasteiger charge is -2.01. The van der Waals surface area contributed by atoms with Gasteiger partial charge in [-0.05, 0) is 29.9 Å². The van der Waals surface area contributed by atoms with E-state index in [9.17, 15) is 4.79 Å². The molecule has 4 nitrogen and oxygen atoms in total. The summed E-state index contributed by atoms with van der Waals surface area (Å²) >= 11 is 3.13. The predicted octanol–water partition coefficient (Wildman–Crippen LogP) is 4.62. The van der Waals surface area contributed by atoms with Crippen molar-refractivity contribution in [2.75, 3.05) is 11.1 Å². The number of hydrogen-bond donors (Lipinski definition) is 1. The molecule has 2 atom stereocenters. The van der Waals surface area contributed by atoms with Gasteiger partial charge in [0, 0.05) is 11.7 Å². The van der Waals surface area contributed by atoms with Gasteiger partial charge >= 0.3 is 0 Å². The molecule has 0 spiro atoms. The highest BCUT2D eigenvalue weighted by Crippen LogP contribution is 2.48. The van der Waals surface area contributed by atoms with Gasteiger partial charge in [-0.1, -0.05) is 83.8 Å². The summed E-state index contributed by atoms with van der Waals surface area (Å²) in [4.78, 5) is 12.4. The maximum absolute atomic E-state index is 12.4. The third-order valence-electron chi connectivity index (χ3n) is 4.45. The monoisotopic (exact) mass is 381 g/mol. The van der Waals surface area contributed by atoms with Gasteiger partial charge in [-0.3, -0.25) is 4.79 Å². The molecule has 1 aliphatic rings. The first-order chi connectivity index (χ1) is 12.8.